The summed E-state index contributed by atoms with van der Waals surface area (Å²) in [6.45, 7) is 1.23. The standard InChI is InChI=1S/C23H25N3O4/c1-29-15-7-8-20(21(13-15)30-2)25-22(27)9-10-23(28)26-12-11-19-17(14-26)16-5-3-4-6-18(16)24-19/h3-8,13,24H,9-12,14H2,1-2H3,(H,25,27). The number of hydrogen-bond acceptors (Lipinski definition) is 4. The molecule has 0 bridgehead atoms. The fourth-order valence-corrected chi connectivity index (χ4v) is 3.87. The summed E-state index contributed by atoms with van der Waals surface area (Å²) in [4.78, 5) is 30.4. The van der Waals surface area contributed by atoms with Crippen molar-refractivity contribution in [3.8, 4) is 11.5 Å². The van der Waals surface area contributed by atoms with Crippen LogP contribution in [0.2, 0.25) is 0 Å². The molecule has 0 aliphatic carbocycles. The van der Waals surface area contributed by atoms with Crippen LogP contribution < -0.4 is 14.8 Å². The zero-order chi connectivity index (χ0) is 21.1. The third kappa shape index (κ3) is 3.96. The monoisotopic (exact) mass is 407 g/mol. The van der Waals surface area contributed by atoms with Gasteiger partial charge in [-0.15, -0.1) is 0 Å². The largest absolute Gasteiger partial charge is 0.497 e. The average Bonchev–Trinajstić information content (AvgIpc) is 3.15. The molecule has 1 aromatic heterocycles. The summed E-state index contributed by atoms with van der Waals surface area (Å²) >= 11 is 0. The van der Waals surface area contributed by atoms with Crippen molar-refractivity contribution < 1.29 is 19.1 Å². The van der Waals surface area contributed by atoms with Crippen LogP contribution in [-0.2, 0) is 22.6 Å². The van der Waals surface area contributed by atoms with Gasteiger partial charge in [-0.05, 0) is 18.2 Å². The summed E-state index contributed by atoms with van der Waals surface area (Å²) in [5.74, 6) is 0.915. The quantitative estimate of drug-likeness (QED) is 0.655. The minimum Gasteiger partial charge on any atom is -0.497 e. The lowest BCUT2D eigenvalue weighted by Crippen LogP contribution is -2.36. The Labute approximate surface area is 175 Å². The third-order valence-electron chi connectivity index (χ3n) is 5.48. The lowest BCUT2D eigenvalue weighted by Gasteiger charge is -2.27. The van der Waals surface area contributed by atoms with Gasteiger partial charge in [-0.25, -0.2) is 0 Å². The van der Waals surface area contributed by atoms with E-state index in [-0.39, 0.29) is 24.7 Å². The number of methoxy groups -OCH3 is 2. The highest BCUT2D eigenvalue weighted by molar-refractivity contribution is 5.94. The van der Waals surface area contributed by atoms with Crippen LogP contribution in [0.15, 0.2) is 42.5 Å². The second-order valence-electron chi connectivity index (χ2n) is 7.31. The van der Waals surface area contributed by atoms with Gasteiger partial charge >= 0.3 is 0 Å². The highest BCUT2D eigenvalue weighted by Crippen LogP contribution is 2.30. The molecule has 0 saturated heterocycles. The summed E-state index contributed by atoms with van der Waals surface area (Å²) in [5, 5.41) is 3.97. The van der Waals surface area contributed by atoms with E-state index in [0.29, 0.717) is 30.3 Å². The van der Waals surface area contributed by atoms with E-state index in [1.807, 2.05) is 17.0 Å². The van der Waals surface area contributed by atoms with Gasteiger partial charge in [0, 0.05) is 60.6 Å². The van der Waals surface area contributed by atoms with Gasteiger partial charge in [-0.2, -0.15) is 0 Å². The molecule has 0 fully saturated rings. The predicted octanol–water partition coefficient (Wildman–Crippen LogP) is 3.49. The Hall–Kier alpha value is -3.48. The molecule has 7 nitrogen and oxygen atoms in total. The first kappa shape index (κ1) is 19.8. The Morgan fingerprint density at radius 2 is 1.93 bits per heavy atom. The minimum atomic E-state index is -0.225. The van der Waals surface area contributed by atoms with Crippen LogP contribution in [0.1, 0.15) is 24.1 Å². The minimum absolute atomic E-state index is 0.0113. The number of nitrogens with one attached hydrogen (secondary N) is 2. The Morgan fingerprint density at radius 3 is 2.73 bits per heavy atom. The molecular weight excluding hydrogens is 382 g/mol. The van der Waals surface area contributed by atoms with Gasteiger partial charge in [0.2, 0.25) is 11.8 Å². The molecule has 7 heteroatoms. The number of anilines is 1. The first-order valence-corrected chi connectivity index (χ1v) is 9.97. The number of carbonyl (C=O) groups excluding carboxylic acids is 2. The number of para-hydroxylation sites is 1. The summed E-state index contributed by atoms with van der Waals surface area (Å²) in [5.41, 5.74) is 4.03. The van der Waals surface area contributed by atoms with Crippen molar-refractivity contribution in [2.75, 3.05) is 26.1 Å². The van der Waals surface area contributed by atoms with E-state index in [1.165, 1.54) is 18.4 Å². The molecule has 4 rings (SSSR count). The fourth-order valence-electron chi connectivity index (χ4n) is 3.87. The van der Waals surface area contributed by atoms with Crippen LogP contribution in [-0.4, -0.2) is 42.5 Å². The van der Waals surface area contributed by atoms with E-state index >= 15 is 0 Å². The number of nitrogens with zero attached hydrogens (tertiary/aromatic N) is 1. The number of amides is 2. The average molecular weight is 407 g/mol. The molecule has 3 aromatic rings. The number of aromatic amines is 1. The molecule has 1 aliphatic heterocycles. The number of ether oxygens (including phenoxy) is 2. The Kier molecular flexibility index (Phi) is 5.61. The van der Waals surface area contributed by atoms with E-state index in [4.69, 9.17) is 9.47 Å². The number of hydrogen-bond donors (Lipinski definition) is 2. The molecule has 1 aliphatic rings. The van der Waals surface area contributed by atoms with Crippen molar-refractivity contribution in [1.29, 1.82) is 0 Å². The summed E-state index contributed by atoms with van der Waals surface area (Å²) in [6, 6.07) is 13.3. The molecule has 2 N–H and O–H groups in total. The zero-order valence-corrected chi connectivity index (χ0v) is 17.2. The first-order valence-electron chi connectivity index (χ1n) is 9.97. The van der Waals surface area contributed by atoms with Gasteiger partial charge in [-0.3, -0.25) is 9.59 Å². The first-order chi connectivity index (χ1) is 14.6. The molecule has 0 saturated carbocycles. The highest BCUT2D eigenvalue weighted by atomic mass is 16.5. The van der Waals surface area contributed by atoms with E-state index in [2.05, 4.69) is 22.4 Å². The van der Waals surface area contributed by atoms with Crippen LogP contribution in [0.3, 0.4) is 0 Å². The molecule has 0 unspecified atom stereocenters. The van der Waals surface area contributed by atoms with Gasteiger partial charge in [0.05, 0.1) is 19.9 Å². The molecule has 0 radical (unpaired) electrons. The number of rotatable bonds is 6. The highest BCUT2D eigenvalue weighted by Gasteiger charge is 2.24. The summed E-state index contributed by atoms with van der Waals surface area (Å²) < 4.78 is 10.5. The van der Waals surface area contributed by atoms with Gasteiger partial charge in [0.25, 0.3) is 0 Å². The van der Waals surface area contributed by atoms with Crippen molar-refractivity contribution in [2.24, 2.45) is 0 Å². The molecule has 2 amide bonds. The van der Waals surface area contributed by atoms with Crippen LogP contribution in [0, 0.1) is 0 Å². The normalized spacial score (nSPS) is 13.1. The summed E-state index contributed by atoms with van der Waals surface area (Å²) in [6.07, 6.45) is 1.08. The molecule has 0 spiro atoms. The maximum Gasteiger partial charge on any atom is 0.224 e. The number of carbonyl (C=O) groups is 2. The number of benzene rings is 2. The van der Waals surface area contributed by atoms with Crippen molar-refractivity contribution >= 4 is 28.4 Å². The van der Waals surface area contributed by atoms with Crippen molar-refractivity contribution in [3.63, 3.8) is 0 Å². The Morgan fingerprint density at radius 1 is 1.10 bits per heavy atom. The maximum atomic E-state index is 12.7. The third-order valence-corrected chi connectivity index (χ3v) is 5.48. The van der Waals surface area contributed by atoms with Crippen LogP contribution >= 0.6 is 0 Å². The zero-order valence-electron chi connectivity index (χ0n) is 17.2. The molecule has 2 aromatic carbocycles. The van der Waals surface area contributed by atoms with Gasteiger partial charge < -0.3 is 24.7 Å². The number of H-pyrrole nitrogens is 1. The molecular formula is C23H25N3O4. The lowest BCUT2D eigenvalue weighted by atomic mass is 10.0. The van der Waals surface area contributed by atoms with Gasteiger partial charge in [0.15, 0.2) is 0 Å². The maximum absolute atomic E-state index is 12.7. The predicted molar refractivity (Wildman–Crippen MR) is 115 cm³/mol. The van der Waals surface area contributed by atoms with Crippen LogP contribution in [0.4, 0.5) is 5.69 Å². The van der Waals surface area contributed by atoms with Crippen molar-refractivity contribution in [1.82, 2.24) is 9.88 Å². The van der Waals surface area contributed by atoms with Crippen LogP contribution in [0.25, 0.3) is 10.9 Å². The number of fused-ring (bicyclic) bond motifs is 3. The Bertz CT molecular complexity index is 1090. The second-order valence-corrected chi connectivity index (χ2v) is 7.31. The lowest BCUT2D eigenvalue weighted by molar-refractivity contribution is -0.133. The SMILES string of the molecule is COc1ccc(NC(=O)CCC(=O)N2CCc3[nH]c4ccccc4c3C2)c(OC)c1. The van der Waals surface area contributed by atoms with Crippen molar-refractivity contribution in [3.05, 3.63) is 53.7 Å². The van der Waals surface area contributed by atoms with E-state index < -0.39 is 0 Å². The fraction of sp³-hybridized carbons (Fsp3) is 0.304. The van der Waals surface area contributed by atoms with E-state index in [0.717, 1.165) is 17.3 Å². The van der Waals surface area contributed by atoms with Crippen LogP contribution in [0.5, 0.6) is 11.5 Å². The number of aromatic nitrogens is 1. The molecule has 0 atom stereocenters. The van der Waals surface area contributed by atoms with Crippen molar-refractivity contribution in [2.45, 2.75) is 25.8 Å². The summed E-state index contributed by atoms with van der Waals surface area (Å²) in [7, 11) is 3.10. The molecule has 2 heterocycles. The topological polar surface area (TPSA) is 83.7 Å². The second kappa shape index (κ2) is 8.49. The van der Waals surface area contributed by atoms with E-state index in [9.17, 15) is 9.59 Å². The van der Waals surface area contributed by atoms with E-state index in [1.54, 1.807) is 25.3 Å². The van der Waals surface area contributed by atoms with Gasteiger partial charge in [-0.1, -0.05) is 18.2 Å². The smallest absolute Gasteiger partial charge is 0.224 e. The molecule has 30 heavy (non-hydrogen) atoms. The van der Waals surface area contributed by atoms with Gasteiger partial charge in [0.1, 0.15) is 11.5 Å². The Balaban J connectivity index is 1.35. The molecule has 156 valence electrons.